The van der Waals surface area contributed by atoms with Gasteiger partial charge in [-0.2, -0.15) is 0 Å². The number of aromatic nitrogens is 2. The van der Waals surface area contributed by atoms with Crippen LogP contribution in [0.1, 0.15) is 48.1 Å². The topological polar surface area (TPSA) is 43.6 Å². The van der Waals surface area contributed by atoms with E-state index < -0.39 is 0 Å². The first kappa shape index (κ1) is 13.6. The summed E-state index contributed by atoms with van der Waals surface area (Å²) in [7, 11) is 0. The largest absolute Gasteiger partial charge is 0.476 e. The molecule has 2 heterocycles. The Morgan fingerprint density at radius 1 is 1.37 bits per heavy atom. The highest BCUT2D eigenvalue weighted by Gasteiger charge is 2.21. The summed E-state index contributed by atoms with van der Waals surface area (Å²) in [4.78, 5) is 16.4. The van der Waals surface area contributed by atoms with E-state index in [-0.39, 0.29) is 5.78 Å². The van der Waals surface area contributed by atoms with Gasteiger partial charge in [-0.05, 0) is 39.7 Å². The quantitative estimate of drug-likeness (QED) is 0.793. The summed E-state index contributed by atoms with van der Waals surface area (Å²) >= 11 is 0. The van der Waals surface area contributed by atoms with Crippen molar-refractivity contribution in [3.05, 3.63) is 28.7 Å². The van der Waals surface area contributed by atoms with E-state index in [4.69, 9.17) is 4.74 Å². The third-order valence-corrected chi connectivity index (χ3v) is 3.36. The summed E-state index contributed by atoms with van der Waals surface area (Å²) in [5, 5.41) is 0. The van der Waals surface area contributed by atoms with Crippen molar-refractivity contribution in [1.29, 1.82) is 0 Å². The minimum Gasteiger partial charge on any atom is -0.476 e. The molecule has 0 spiro atoms. The Bertz CT molecular complexity index is 641. The number of hydrogen-bond donors (Lipinski definition) is 0. The first-order valence-corrected chi connectivity index (χ1v) is 6.66. The standard InChI is InChI=1S/C15H20N2O2/c1-6-12-10(4)17-8-9(3)16-15(19-7-2)14(17)13(12)11(5)18/h8H,6-7H2,1-5H3. The number of rotatable bonds is 4. The molecule has 0 N–H and O–H groups in total. The van der Waals surface area contributed by atoms with Crippen molar-refractivity contribution < 1.29 is 9.53 Å². The zero-order chi connectivity index (χ0) is 14.2. The molecule has 19 heavy (non-hydrogen) atoms. The molecule has 0 bridgehead atoms. The highest BCUT2D eigenvalue weighted by atomic mass is 16.5. The number of nitrogens with zero attached hydrogens (tertiary/aromatic N) is 2. The van der Waals surface area contributed by atoms with Crippen LogP contribution in [0.4, 0.5) is 0 Å². The second-order valence-electron chi connectivity index (χ2n) is 4.69. The van der Waals surface area contributed by atoms with Crippen LogP contribution in [-0.4, -0.2) is 21.8 Å². The zero-order valence-corrected chi connectivity index (χ0v) is 12.2. The van der Waals surface area contributed by atoms with Gasteiger partial charge in [0.2, 0.25) is 5.88 Å². The van der Waals surface area contributed by atoms with E-state index in [0.29, 0.717) is 12.5 Å². The normalized spacial score (nSPS) is 11.0. The maximum Gasteiger partial charge on any atom is 0.239 e. The first-order valence-electron chi connectivity index (χ1n) is 6.66. The molecule has 2 aromatic rings. The van der Waals surface area contributed by atoms with Crippen LogP contribution < -0.4 is 4.74 Å². The lowest BCUT2D eigenvalue weighted by Gasteiger charge is -2.08. The van der Waals surface area contributed by atoms with Gasteiger partial charge in [0.1, 0.15) is 5.52 Å². The SMILES string of the molecule is CCOc1nc(C)cn2c(C)c(CC)c(C(C)=O)c12. The van der Waals surface area contributed by atoms with Crippen LogP contribution in [0.5, 0.6) is 5.88 Å². The van der Waals surface area contributed by atoms with Gasteiger partial charge >= 0.3 is 0 Å². The predicted octanol–water partition coefficient (Wildman–Crippen LogP) is 3.11. The van der Waals surface area contributed by atoms with E-state index in [2.05, 4.69) is 11.9 Å². The summed E-state index contributed by atoms with van der Waals surface area (Å²) in [6.07, 6.45) is 2.78. The van der Waals surface area contributed by atoms with Gasteiger partial charge in [0, 0.05) is 11.9 Å². The zero-order valence-electron chi connectivity index (χ0n) is 12.2. The van der Waals surface area contributed by atoms with E-state index in [1.54, 1.807) is 6.92 Å². The lowest BCUT2D eigenvalue weighted by molar-refractivity contribution is 0.101. The Kier molecular flexibility index (Phi) is 3.60. The second kappa shape index (κ2) is 5.03. The molecule has 0 radical (unpaired) electrons. The van der Waals surface area contributed by atoms with Gasteiger partial charge in [0.25, 0.3) is 0 Å². The molecule has 0 aromatic carbocycles. The first-order chi connectivity index (χ1) is 9.01. The van der Waals surface area contributed by atoms with Gasteiger partial charge in [-0.1, -0.05) is 6.92 Å². The van der Waals surface area contributed by atoms with Crippen LogP contribution in [0.15, 0.2) is 6.20 Å². The Morgan fingerprint density at radius 3 is 2.58 bits per heavy atom. The predicted molar refractivity (Wildman–Crippen MR) is 75.2 cm³/mol. The van der Waals surface area contributed by atoms with Gasteiger partial charge in [0.05, 0.1) is 17.9 Å². The van der Waals surface area contributed by atoms with Crippen LogP contribution in [0, 0.1) is 13.8 Å². The fourth-order valence-electron chi connectivity index (χ4n) is 2.61. The van der Waals surface area contributed by atoms with Crippen LogP contribution in [0.25, 0.3) is 5.52 Å². The molecule has 0 fully saturated rings. The van der Waals surface area contributed by atoms with Crippen LogP contribution in [0.3, 0.4) is 0 Å². The van der Waals surface area contributed by atoms with Gasteiger partial charge in [-0.3, -0.25) is 4.79 Å². The fraction of sp³-hybridized carbons (Fsp3) is 0.467. The number of carbonyl (C=O) groups is 1. The summed E-state index contributed by atoms with van der Waals surface area (Å²) in [6, 6.07) is 0. The van der Waals surface area contributed by atoms with E-state index in [0.717, 1.165) is 34.5 Å². The summed E-state index contributed by atoms with van der Waals surface area (Å²) in [5.74, 6) is 0.615. The van der Waals surface area contributed by atoms with Crippen molar-refractivity contribution in [3.63, 3.8) is 0 Å². The van der Waals surface area contributed by atoms with E-state index in [1.165, 1.54) is 0 Å². The summed E-state index contributed by atoms with van der Waals surface area (Å²) in [6.45, 7) is 10.1. The fourth-order valence-corrected chi connectivity index (χ4v) is 2.61. The molecule has 0 atom stereocenters. The Balaban J connectivity index is 2.92. The molecule has 0 amide bonds. The molecule has 4 nitrogen and oxygen atoms in total. The lowest BCUT2D eigenvalue weighted by Crippen LogP contribution is -2.03. The van der Waals surface area contributed by atoms with Crippen molar-refractivity contribution in [2.75, 3.05) is 6.61 Å². The number of ketones is 1. The van der Waals surface area contributed by atoms with Gasteiger partial charge in [-0.15, -0.1) is 0 Å². The third kappa shape index (κ3) is 2.11. The minimum atomic E-state index is 0.0639. The number of Topliss-reactive ketones (excluding diaryl/α,β-unsaturated/α-hetero) is 1. The maximum absolute atomic E-state index is 12.0. The molecule has 2 rings (SSSR count). The van der Waals surface area contributed by atoms with Crippen molar-refractivity contribution >= 4 is 11.3 Å². The molecular weight excluding hydrogens is 240 g/mol. The smallest absolute Gasteiger partial charge is 0.239 e. The summed E-state index contributed by atoms with van der Waals surface area (Å²) < 4.78 is 7.65. The molecule has 0 aliphatic rings. The third-order valence-electron chi connectivity index (χ3n) is 3.36. The number of ether oxygens (including phenoxy) is 1. The molecule has 0 saturated carbocycles. The van der Waals surface area contributed by atoms with Crippen molar-refractivity contribution in [3.8, 4) is 5.88 Å². The van der Waals surface area contributed by atoms with Crippen LogP contribution in [-0.2, 0) is 6.42 Å². The van der Waals surface area contributed by atoms with Gasteiger partial charge in [-0.25, -0.2) is 4.98 Å². The molecule has 0 aliphatic heterocycles. The van der Waals surface area contributed by atoms with Crippen LogP contribution in [0.2, 0.25) is 0 Å². The molecular formula is C15H20N2O2. The van der Waals surface area contributed by atoms with E-state index in [9.17, 15) is 4.79 Å². The number of carbonyl (C=O) groups excluding carboxylic acids is 1. The maximum atomic E-state index is 12.0. The van der Waals surface area contributed by atoms with Gasteiger partial charge in [0.15, 0.2) is 5.78 Å². The summed E-state index contributed by atoms with van der Waals surface area (Å²) in [5.41, 5.74) is 4.60. The van der Waals surface area contributed by atoms with Crippen LogP contribution >= 0.6 is 0 Å². The Hall–Kier alpha value is -1.84. The molecule has 0 unspecified atom stereocenters. The Morgan fingerprint density at radius 2 is 2.05 bits per heavy atom. The van der Waals surface area contributed by atoms with Crippen molar-refractivity contribution in [2.45, 2.75) is 41.0 Å². The molecule has 102 valence electrons. The van der Waals surface area contributed by atoms with E-state index >= 15 is 0 Å². The van der Waals surface area contributed by atoms with Gasteiger partial charge < -0.3 is 9.14 Å². The number of fused-ring (bicyclic) bond motifs is 1. The Labute approximate surface area is 113 Å². The second-order valence-corrected chi connectivity index (χ2v) is 4.69. The molecule has 4 heteroatoms. The monoisotopic (exact) mass is 260 g/mol. The van der Waals surface area contributed by atoms with Crippen molar-refractivity contribution in [1.82, 2.24) is 9.38 Å². The lowest BCUT2D eigenvalue weighted by atomic mass is 10.0. The molecule has 0 aliphatic carbocycles. The average molecular weight is 260 g/mol. The highest BCUT2D eigenvalue weighted by molar-refractivity contribution is 6.04. The minimum absolute atomic E-state index is 0.0639. The highest BCUT2D eigenvalue weighted by Crippen LogP contribution is 2.30. The molecule has 2 aromatic heterocycles. The average Bonchev–Trinajstić information content (AvgIpc) is 2.63. The molecule has 0 saturated heterocycles. The van der Waals surface area contributed by atoms with Crippen molar-refractivity contribution in [2.24, 2.45) is 0 Å². The van der Waals surface area contributed by atoms with E-state index in [1.807, 2.05) is 31.4 Å². The number of aryl methyl sites for hydroxylation is 2. The number of hydrogen-bond acceptors (Lipinski definition) is 3.